The van der Waals surface area contributed by atoms with Crippen molar-refractivity contribution in [1.29, 1.82) is 0 Å². The summed E-state index contributed by atoms with van der Waals surface area (Å²) in [5, 5.41) is 20.0. The van der Waals surface area contributed by atoms with Crippen LogP contribution in [0.3, 0.4) is 0 Å². The molecule has 0 aromatic heterocycles. The van der Waals surface area contributed by atoms with Crippen LogP contribution in [0.15, 0.2) is 18.2 Å². The maximum atomic E-state index is 10.3. The molecule has 0 aliphatic rings. The van der Waals surface area contributed by atoms with Crippen LogP contribution in [-0.4, -0.2) is 55.1 Å². The van der Waals surface area contributed by atoms with Crippen molar-refractivity contribution >= 4 is 11.6 Å². The van der Waals surface area contributed by atoms with Gasteiger partial charge in [0.05, 0.1) is 25.4 Å². The first-order valence-electron chi connectivity index (χ1n) is 6.25. The molecule has 0 saturated carbocycles. The largest absolute Gasteiger partial charge is 0.395 e. The molecule has 0 aliphatic carbocycles. The minimum absolute atomic E-state index is 0.0410. The van der Waals surface area contributed by atoms with E-state index in [1.807, 2.05) is 37.1 Å². The van der Waals surface area contributed by atoms with E-state index in [2.05, 4.69) is 0 Å². The number of halogens is 1. The SMILES string of the molecule is COCC(O)C(c1ccc(Cl)cc1C)N(C)CCO. The predicted octanol–water partition coefficient (Wildman–Crippen LogP) is 1.62. The van der Waals surface area contributed by atoms with Crippen LogP contribution in [0.4, 0.5) is 0 Å². The van der Waals surface area contributed by atoms with Gasteiger partial charge in [0.15, 0.2) is 0 Å². The summed E-state index contributed by atoms with van der Waals surface area (Å²) in [6, 6.07) is 5.36. The highest BCUT2D eigenvalue weighted by atomic mass is 35.5. The van der Waals surface area contributed by atoms with Gasteiger partial charge in [-0.15, -0.1) is 0 Å². The monoisotopic (exact) mass is 287 g/mol. The highest BCUT2D eigenvalue weighted by molar-refractivity contribution is 6.30. The second-order valence-electron chi connectivity index (χ2n) is 4.67. The van der Waals surface area contributed by atoms with Crippen LogP contribution in [0.25, 0.3) is 0 Å². The molecule has 0 bridgehead atoms. The molecular formula is C14H22ClNO3. The van der Waals surface area contributed by atoms with Gasteiger partial charge in [-0.2, -0.15) is 0 Å². The van der Waals surface area contributed by atoms with Gasteiger partial charge in [-0.05, 0) is 37.2 Å². The Morgan fingerprint density at radius 1 is 1.42 bits per heavy atom. The lowest BCUT2D eigenvalue weighted by Gasteiger charge is -2.32. The molecule has 2 N–H and O–H groups in total. The molecule has 2 atom stereocenters. The van der Waals surface area contributed by atoms with Gasteiger partial charge < -0.3 is 14.9 Å². The Hall–Kier alpha value is -0.650. The van der Waals surface area contributed by atoms with Crippen molar-refractivity contribution in [2.45, 2.75) is 19.1 Å². The fraction of sp³-hybridized carbons (Fsp3) is 0.571. The molecule has 0 saturated heterocycles. The smallest absolute Gasteiger partial charge is 0.0969 e. The first kappa shape index (κ1) is 16.4. The van der Waals surface area contributed by atoms with Gasteiger partial charge >= 0.3 is 0 Å². The van der Waals surface area contributed by atoms with Crippen molar-refractivity contribution in [3.8, 4) is 0 Å². The van der Waals surface area contributed by atoms with Gasteiger partial charge in [-0.1, -0.05) is 17.7 Å². The summed E-state index contributed by atoms with van der Waals surface area (Å²) < 4.78 is 5.03. The number of ether oxygens (including phenoxy) is 1. The Balaban J connectivity index is 3.07. The van der Waals surface area contributed by atoms with Gasteiger partial charge in [0, 0.05) is 18.7 Å². The third-order valence-electron chi connectivity index (χ3n) is 3.18. The molecule has 19 heavy (non-hydrogen) atoms. The zero-order chi connectivity index (χ0) is 14.4. The Labute approximate surface area is 119 Å². The lowest BCUT2D eigenvalue weighted by molar-refractivity contribution is -0.000802. The molecule has 0 amide bonds. The normalized spacial score (nSPS) is 14.7. The summed E-state index contributed by atoms with van der Waals surface area (Å²) in [7, 11) is 3.43. The lowest BCUT2D eigenvalue weighted by atomic mass is 9.96. The summed E-state index contributed by atoms with van der Waals surface area (Å²) in [5.41, 5.74) is 2.00. The summed E-state index contributed by atoms with van der Waals surface area (Å²) in [6.07, 6.45) is -0.665. The third-order valence-corrected chi connectivity index (χ3v) is 3.42. The van der Waals surface area contributed by atoms with Crippen LogP contribution in [0.5, 0.6) is 0 Å². The van der Waals surface area contributed by atoms with Crippen molar-refractivity contribution in [2.75, 3.05) is 33.9 Å². The molecule has 1 aromatic rings. The number of hydrogen-bond acceptors (Lipinski definition) is 4. The average Bonchev–Trinajstić information content (AvgIpc) is 2.33. The van der Waals surface area contributed by atoms with Crippen molar-refractivity contribution in [1.82, 2.24) is 4.90 Å². The summed E-state index contributed by atoms with van der Waals surface area (Å²) in [4.78, 5) is 1.92. The first-order chi connectivity index (χ1) is 9.01. The van der Waals surface area contributed by atoms with E-state index in [1.54, 1.807) is 7.11 Å². The lowest BCUT2D eigenvalue weighted by Crippen LogP contribution is -2.38. The number of nitrogens with zero attached hydrogens (tertiary/aromatic N) is 1. The molecule has 1 rings (SSSR count). The summed E-state index contributed by atoms with van der Waals surface area (Å²) >= 11 is 5.96. The molecule has 108 valence electrons. The van der Waals surface area contributed by atoms with Crippen molar-refractivity contribution in [3.05, 3.63) is 34.3 Å². The Morgan fingerprint density at radius 2 is 2.11 bits per heavy atom. The van der Waals surface area contributed by atoms with Crippen LogP contribution in [-0.2, 0) is 4.74 Å². The minimum Gasteiger partial charge on any atom is -0.395 e. The Bertz CT molecular complexity index is 388. The number of aliphatic hydroxyl groups excluding tert-OH is 2. The maximum Gasteiger partial charge on any atom is 0.0969 e. The Morgan fingerprint density at radius 3 is 2.63 bits per heavy atom. The summed E-state index contributed by atoms with van der Waals surface area (Å²) in [5.74, 6) is 0. The number of aliphatic hydroxyl groups is 2. The van der Waals surface area contributed by atoms with Crippen LogP contribution in [0.1, 0.15) is 17.2 Å². The van der Waals surface area contributed by atoms with E-state index in [4.69, 9.17) is 21.4 Å². The first-order valence-corrected chi connectivity index (χ1v) is 6.63. The fourth-order valence-corrected chi connectivity index (χ4v) is 2.49. The number of benzene rings is 1. The van der Waals surface area contributed by atoms with E-state index >= 15 is 0 Å². The molecular weight excluding hydrogens is 266 g/mol. The number of hydrogen-bond donors (Lipinski definition) is 2. The fourth-order valence-electron chi connectivity index (χ4n) is 2.27. The molecule has 2 unspecified atom stereocenters. The predicted molar refractivity (Wildman–Crippen MR) is 76.5 cm³/mol. The quantitative estimate of drug-likeness (QED) is 0.800. The topological polar surface area (TPSA) is 52.9 Å². The van der Waals surface area contributed by atoms with E-state index in [0.29, 0.717) is 11.6 Å². The van der Waals surface area contributed by atoms with Crippen LogP contribution < -0.4 is 0 Å². The van der Waals surface area contributed by atoms with Crippen LogP contribution in [0.2, 0.25) is 5.02 Å². The maximum absolute atomic E-state index is 10.3. The molecule has 1 aromatic carbocycles. The van der Waals surface area contributed by atoms with E-state index in [-0.39, 0.29) is 19.3 Å². The highest BCUT2D eigenvalue weighted by Crippen LogP contribution is 2.28. The average molecular weight is 288 g/mol. The zero-order valence-electron chi connectivity index (χ0n) is 11.6. The second-order valence-corrected chi connectivity index (χ2v) is 5.11. The summed E-state index contributed by atoms with van der Waals surface area (Å²) in [6.45, 7) is 2.72. The van der Waals surface area contributed by atoms with Gasteiger partial charge in [-0.25, -0.2) is 0 Å². The number of aryl methyl sites for hydroxylation is 1. The van der Waals surface area contributed by atoms with E-state index in [9.17, 15) is 5.11 Å². The van der Waals surface area contributed by atoms with Crippen LogP contribution in [0, 0.1) is 6.92 Å². The van der Waals surface area contributed by atoms with Gasteiger partial charge in [-0.3, -0.25) is 4.90 Å². The molecule has 4 nitrogen and oxygen atoms in total. The molecule has 0 fully saturated rings. The van der Waals surface area contributed by atoms with Gasteiger partial charge in [0.2, 0.25) is 0 Å². The number of methoxy groups -OCH3 is 1. The highest BCUT2D eigenvalue weighted by Gasteiger charge is 2.26. The van der Waals surface area contributed by atoms with Crippen molar-refractivity contribution < 1.29 is 14.9 Å². The number of rotatable bonds is 7. The molecule has 5 heteroatoms. The van der Waals surface area contributed by atoms with Gasteiger partial charge in [0.1, 0.15) is 0 Å². The molecule has 0 aliphatic heterocycles. The van der Waals surface area contributed by atoms with E-state index in [0.717, 1.165) is 11.1 Å². The molecule has 0 spiro atoms. The van der Waals surface area contributed by atoms with Crippen molar-refractivity contribution in [3.63, 3.8) is 0 Å². The number of likely N-dealkylation sites (N-methyl/N-ethyl adjacent to an activating group) is 1. The van der Waals surface area contributed by atoms with Crippen molar-refractivity contribution in [2.24, 2.45) is 0 Å². The standard InChI is InChI=1S/C14H22ClNO3/c1-10-8-11(15)4-5-12(10)14(13(18)9-19-3)16(2)6-7-17/h4-5,8,13-14,17-18H,6-7,9H2,1-3H3. The molecule has 0 radical (unpaired) electrons. The van der Waals surface area contributed by atoms with Crippen LogP contribution >= 0.6 is 11.6 Å². The Kier molecular flexibility index (Phi) is 6.75. The van der Waals surface area contributed by atoms with E-state index < -0.39 is 6.10 Å². The molecule has 0 heterocycles. The third kappa shape index (κ3) is 4.44. The van der Waals surface area contributed by atoms with Gasteiger partial charge in [0.25, 0.3) is 0 Å². The minimum atomic E-state index is -0.665. The second kappa shape index (κ2) is 7.82. The zero-order valence-corrected chi connectivity index (χ0v) is 12.4. The van der Waals surface area contributed by atoms with E-state index in [1.165, 1.54) is 0 Å².